The highest BCUT2D eigenvalue weighted by molar-refractivity contribution is 6.03. The number of methoxy groups -OCH3 is 1. The largest absolute Gasteiger partial charge is 0.497 e. The number of aliphatic hydroxyl groups is 2. The minimum Gasteiger partial charge on any atom is -0.497 e. The van der Waals surface area contributed by atoms with Gasteiger partial charge in [-0.2, -0.15) is 0 Å². The zero-order valence-corrected chi connectivity index (χ0v) is 37.3. The second-order valence-corrected chi connectivity index (χ2v) is 17.3. The Kier molecular flexibility index (Phi) is 16.1. The summed E-state index contributed by atoms with van der Waals surface area (Å²) in [6, 6.07) is 19.2. The summed E-state index contributed by atoms with van der Waals surface area (Å²) in [5.41, 5.74) is 4.12. The van der Waals surface area contributed by atoms with Crippen LogP contribution in [0.4, 0.5) is 5.69 Å². The van der Waals surface area contributed by atoms with Gasteiger partial charge in [0.25, 0.3) is 5.69 Å². The molecule has 14 heteroatoms. The van der Waals surface area contributed by atoms with Crippen LogP contribution in [0.1, 0.15) is 80.9 Å². The van der Waals surface area contributed by atoms with Gasteiger partial charge in [-0.25, -0.2) is 0 Å². The zero-order valence-electron chi connectivity index (χ0n) is 37.3. The number of ether oxygens (including phenoxy) is 4. The maximum absolute atomic E-state index is 15.0. The summed E-state index contributed by atoms with van der Waals surface area (Å²) in [7, 11) is 1.61. The molecule has 3 aromatic carbocycles. The van der Waals surface area contributed by atoms with Gasteiger partial charge in [-0.15, -0.1) is 6.58 Å². The lowest BCUT2D eigenvalue weighted by Gasteiger charge is -2.60. The number of benzene rings is 3. The summed E-state index contributed by atoms with van der Waals surface area (Å²) >= 11 is 0. The number of unbranched alkanes of at least 4 members (excludes halogenated alkanes) is 2. The molecule has 2 heterocycles. The third-order valence-electron chi connectivity index (χ3n) is 13.1. The number of carbonyl (C=O) groups excluding carboxylic acids is 1. The smallest absolute Gasteiger partial charge is 0.269 e. The third-order valence-corrected chi connectivity index (χ3v) is 13.1. The molecule has 1 saturated carbocycles. The van der Waals surface area contributed by atoms with Crippen LogP contribution < -0.4 is 14.2 Å². The van der Waals surface area contributed by atoms with Crippen molar-refractivity contribution in [3.05, 3.63) is 118 Å². The van der Waals surface area contributed by atoms with E-state index < -0.39 is 22.7 Å². The Morgan fingerprint density at radius 2 is 1.81 bits per heavy atom. The number of nitro benzene ring substituents is 1. The molecule has 2 aliphatic carbocycles. The molecular weight excluding hydrogens is 817 g/mol. The van der Waals surface area contributed by atoms with E-state index in [1.54, 1.807) is 25.3 Å². The quantitative estimate of drug-likeness (QED) is 0.0283. The number of non-ortho nitro benzene ring substituents is 1. The van der Waals surface area contributed by atoms with E-state index >= 15 is 0 Å². The zero-order chi connectivity index (χ0) is 45.1. The van der Waals surface area contributed by atoms with Crippen LogP contribution >= 0.6 is 0 Å². The van der Waals surface area contributed by atoms with Crippen molar-refractivity contribution in [3.8, 4) is 17.2 Å². The van der Waals surface area contributed by atoms with Gasteiger partial charge in [-0.1, -0.05) is 49.2 Å². The predicted molar refractivity (Wildman–Crippen MR) is 243 cm³/mol. The van der Waals surface area contributed by atoms with Crippen molar-refractivity contribution < 1.29 is 43.7 Å². The van der Waals surface area contributed by atoms with E-state index in [1.807, 2.05) is 41.3 Å². The molecule has 0 spiro atoms. The highest BCUT2D eigenvalue weighted by Gasteiger charge is 2.65. The van der Waals surface area contributed by atoms with Crippen molar-refractivity contribution in [1.82, 2.24) is 9.80 Å². The van der Waals surface area contributed by atoms with Crippen LogP contribution in [0.2, 0.25) is 0 Å². The number of allylic oxidation sites excluding steroid dienone is 1. The Morgan fingerprint density at radius 3 is 2.52 bits per heavy atom. The standard InChI is InChI=1S/C50H64N4O10/c1-4-21-53(47(57)30-36-11-10-13-39(29-36)60-3)46-33-44(51-63-34-35-15-17-38(18-16-35)54(58)59)42-31-37(12-6-8-25-55)41(14-7-9-26-56)48-43-32-40(61-28-24-52-22-23-52)19-20-45(43)64-50(46,49(42)48)62-27-5-2/h5,10-11,13,15-20,29,31-32,37,41,46,48-49,55-56H,2,4,6-9,12,14,21-28,30,33-34H2,1,3H3/t37-,41+,46-,48+,49+,50+/m0/s1. The maximum atomic E-state index is 15.0. The summed E-state index contributed by atoms with van der Waals surface area (Å²) in [5.74, 6) is 0.0646. The number of rotatable bonds is 25. The average molecular weight is 881 g/mol. The molecule has 6 atom stereocenters. The number of oxime groups is 1. The van der Waals surface area contributed by atoms with Crippen molar-refractivity contribution in [2.24, 2.45) is 22.9 Å². The maximum Gasteiger partial charge on any atom is 0.269 e. The molecule has 0 unspecified atom stereocenters. The van der Waals surface area contributed by atoms with Gasteiger partial charge in [0.15, 0.2) is 0 Å². The van der Waals surface area contributed by atoms with E-state index in [0.29, 0.717) is 55.2 Å². The van der Waals surface area contributed by atoms with Crippen LogP contribution in [0.25, 0.3) is 0 Å². The topological polar surface area (TPSA) is 165 Å². The van der Waals surface area contributed by atoms with Gasteiger partial charge in [0.2, 0.25) is 11.7 Å². The van der Waals surface area contributed by atoms with Crippen molar-refractivity contribution in [1.29, 1.82) is 0 Å². The lowest BCUT2D eigenvalue weighted by Crippen LogP contribution is -2.70. The van der Waals surface area contributed by atoms with Crippen molar-refractivity contribution >= 4 is 17.3 Å². The van der Waals surface area contributed by atoms with Gasteiger partial charge >= 0.3 is 0 Å². The number of amides is 1. The van der Waals surface area contributed by atoms with E-state index in [-0.39, 0.29) is 68.6 Å². The van der Waals surface area contributed by atoms with Crippen LogP contribution in [-0.4, -0.2) is 108 Å². The molecule has 1 amide bonds. The highest BCUT2D eigenvalue weighted by Crippen LogP contribution is 2.62. The molecule has 344 valence electrons. The fourth-order valence-corrected chi connectivity index (χ4v) is 9.98. The normalized spacial score (nSPS) is 23.8. The van der Waals surface area contributed by atoms with E-state index in [9.17, 15) is 25.1 Å². The Morgan fingerprint density at radius 1 is 1.03 bits per heavy atom. The summed E-state index contributed by atoms with van der Waals surface area (Å²) in [6.07, 6.45) is 9.65. The molecule has 0 aromatic heterocycles. The number of hydrogen-bond donors (Lipinski definition) is 2. The third kappa shape index (κ3) is 10.8. The molecule has 2 N–H and O–H groups in total. The monoisotopic (exact) mass is 880 g/mol. The molecule has 14 nitrogen and oxygen atoms in total. The molecule has 4 aliphatic rings. The first-order valence-corrected chi connectivity index (χ1v) is 22.9. The fourth-order valence-electron chi connectivity index (χ4n) is 9.98. The molecule has 2 fully saturated rings. The summed E-state index contributed by atoms with van der Waals surface area (Å²) in [6.45, 7) is 10.5. The Bertz CT molecular complexity index is 2120. The van der Waals surface area contributed by atoms with Crippen LogP contribution in [0.3, 0.4) is 0 Å². The van der Waals surface area contributed by atoms with Crippen LogP contribution in [0.15, 0.2) is 96.2 Å². The van der Waals surface area contributed by atoms with Crippen molar-refractivity contribution in [2.45, 2.75) is 89.1 Å². The van der Waals surface area contributed by atoms with E-state index in [2.05, 4.69) is 30.5 Å². The van der Waals surface area contributed by atoms with Gasteiger partial charge in [-0.05, 0) is 103 Å². The number of nitrogens with zero attached hydrogens (tertiary/aromatic N) is 4. The number of hydrogen-bond acceptors (Lipinski definition) is 12. The lowest BCUT2D eigenvalue weighted by molar-refractivity contribution is -0.384. The van der Waals surface area contributed by atoms with Crippen LogP contribution in [-0.2, 0) is 27.4 Å². The first kappa shape index (κ1) is 46.7. The number of carbonyl (C=O) groups is 1. The van der Waals surface area contributed by atoms with Crippen LogP contribution in [0.5, 0.6) is 17.2 Å². The van der Waals surface area contributed by atoms with Gasteiger partial charge < -0.3 is 38.9 Å². The first-order chi connectivity index (χ1) is 31.2. The number of aliphatic hydroxyl groups excluding tert-OH is 2. The van der Waals surface area contributed by atoms with E-state index in [4.69, 9.17) is 28.9 Å². The molecule has 2 aliphatic heterocycles. The lowest BCUT2D eigenvalue weighted by atomic mass is 9.55. The SMILES string of the molecule is C=CCO[C@@]12Oc3ccc(OCCN4CC4)cc3[C@H]3[C@H](CCCCO)[C@@H](CCCCO)C=C(C(=NOCc4ccc([N+](=O)[O-])cc4)C[C@@H]1N(CCC)C(=O)Cc1cccc(OC)c1)[C@H]32. The molecule has 0 radical (unpaired) electrons. The first-order valence-electron chi connectivity index (χ1n) is 22.9. The average Bonchev–Trinajstić information content (AvgIpc) is 4.14. The molecular formula is C50H64N4O10. The Hall–Kier alpha value is -5.28. The molecule has 1 saturated heterocycles. The number of fused-ring (bicyclic) bond motifs is 2. The Labute approximate surface area is 376 Å². The van der Waals surface area contributed by atoms with Gasteiger partial charge in [0.1, 0.15) is 36.5 Å². The minimum absolute atomic E-state index is 0.0123. The summed E-state index contributed by atoms with van der Waals surface area (Å²) in [4.78, 5) is 36.3. The molecule has 64 heavy (non-hydrogen) atoms. The van der Waals surface area contributed by atoms with Gasteiger partial charge in [-0.3, -0.25) is 19.8 Å². The van der Waals surface area contributed by atoms with Gasteiger partial charge in [0, 0.05) is 69.4 Å². The summed E-state index contributed by atoms with van der Waals surface area (Å²) in [5, 5.41) is 36.2. The van der Waals surface area contributed by atoms with Gasteiger partial charge in [0.05, 0.1) is 36.7 Å². The molecule has 7 rings (SSSR count). The molecule has 0 bridgehead atoms. The summed E-state index contributed by atoms with van der Waals surface area (Å²) < 4.78 is 26.4. The second kappa shape index (κ2) is 22.1. The van der Waals surface area contributed by atoms with Crippen LogP contribution in [0, 0.1) is 27.9 Å². The van der Waals surface area contributed by atoms with Crippen molar-refractivity contribution in [2.75, 3.05) is 59.7 Å². The second-order valence-electron chi connectivity index (χ2n) is 17.3. The Balaban J connectivity index is 1.39. The molecule has 3 aromatic rings. The van der Waals surface area contributed by atoms with E-state index in [0.717, 1.165) is 67.8 Å². The highest BCUT2D eigenvalue weighted by atomic mass is 16.7. The fraction of sp³-hybridized carbons (Fsp3) is 0.520. The van der Waals surface area contributed by atoms with Crippen molar-refractivity contribution in [3.63, 3.8) is 0 Å². The van der Waals surface area contributed by atoms with E-state index in [1.165, 1.54) is 12.1 Å². The predicted octanol–water partition coefficient (Wildman–Crippen LogP) is 7.61. The minimum atomic E-state index is -1.39. The number of nitro groups is 1.